The largest absolute Gasteiger partial charge is 0.406 e. The van der Waals surface area contributed by atoms with Crippen molar-refractivity contribution in [2.24, 2.45) is 0 Å². The summed E-state index contributed by atoms with van der Waals surface area (Å²) in [7, 11) is 0. The van der Waals surface area contributed by atoms with Gasteiger partial charge >= 0.3 is 6.01 Å². The van der Waals surface area contributed by atoms with Gasteiger partial charge in [0.25, 0.3) is 0 Å². The number of anilines is 2. The van der Waals surface area contributed by atoms with E-state index in [1.807, 2.05) is 13.8 Å². The number of benzene rings is 1. The molecule has 0 spiro atoms. The van der Waals surface area contributed by atoms with Crippen molar-refractivity contribution in [3.05, 3.63) is 33.9 Å². The summed E-state index contributed by atoms with van der Waals surface area (Å²) in [6, 6.07) is 3.32. The molecule has 0 fully saturated rings. The first-order chi connectivity index (χ1) is 10.0. The van der Waals surface area contributed by atoms with Crippen molar-refractivity contribution in [3.8, 4) is 0 Å². The van der Waals surface area contributed by atoms with Gasteiger partial charge in [-0.05, 0) is 60.4 Å². The lowest BCUT2D eigenvalue weighted by atomic mass is 10.2. The van der Waals surface area contributed by atoms with Crippen molar-refractivity contribution in [1.82, 2.24) is 15.5 Å². The van der Waals surface area contributed by atoms with Crippen LogP contribution in [-0.2, 0) is 0 Å². The van der Waals surface area contributed by atoms with E-state index in [-0.39, 0.29) is 17.9 Å². The summed E-state index contributed by atoms with van der Waals surface area (Å²) in [5.41, 5.74) is 1.47. The van der Waals surface area contributed by atoms with E-state index in [1.54, 1.807) is 6.07 Å². The zero-order valence-electron chi connectivity index (χ0n) is 12.2. The molecule has 1 aromatic heterocycles. The predicted octanol–water partition coefficient (Wildman–Crippen LogP) is 4.08. The maximum Gasteiger partial charge on any atom is 0.320 e. The predicted molar refractivity (Wildman–Crippen MR) is 83.1 cm³/mol. The molecule has 1 unspecified atom stereocenters. The maximum absolute atomic E-state index is 13.6. The quantitative estimate of drug-likeness (QED) is 0.816. The van der Waals surface area contributed by atoms with Gasteiger partial charge in [0.2, 0.25) is 5.89 Å². The molecule has 1 atom stereocenters. The van der Waals surface area contributed by atoms with Gasteiger partial charge < -0.3 is 15.1 Å². The van der Waals surface area contributed by atoms with Crippen LogP contribution in [0, 0.1) is 12.7 Å². The minimum absolute atomic E-state index is 0.0178. The molecule has 0 radical (unpaired) electrons. The lowest BCUT2D eigenvalue weighted by molar-refractivity contribution is 0.424. The molecule has 1 heterocycles. The van der Waals surface area contributed by atoms with Crippen LogP contribution in [0.25, 0.3) is 0 Å². The minimum Gasteiger partial charge on any atom is -0.406 e. The summed E-state index contributed by atoms with van der Waals surface area (Å²) >= 11 is 3.15. The highest BCUT2D eigenvalue weighted by Gasteiger charge is 2.14. The van der Waals surface area contributed by atoms with E-state index in [2.05, 4.69) is 43.7 Å². The lowest BCUT2D eigenvalue weighted by Gasteiger charge is -2.08. The first kappa shape index (κ1) is 15.9. The fourth-order valence-electron chi connectivity index (χ4n) is 1.80. The van der Waals surface area contributed by atoms with Crippen LogP contribution in [0.3, 0.4) is 0 Å². The van der Waals surface area contributed by atoms with E-state index in [1.165, 1.54) is 6.07 Å². The summed E-state index contributed by atoms with van der Waals surface area (Å²) in [6.45, 7) is 6.79. The second-order valence-corrected chi connectivity index (χ2v) is 5.68. The number of hydrogen-bond donors (Lipinski definition) is 2. The molecule has 1 aromatic carbocycles. The number of rotatable bonds is 6. The van der Waals surface area contributed by atoms with Crippen molar-refractivity contribution in [3.63, 3.8) is 0 Å². The van der Waals surface area contributed by atoms with E-state index in [0.717, 1.165) is 18.5 Å². The van der Waals surface area contributed by atoms with Gasteiger partial charge in [0.15, 0.2) is 0 Å². The second kappa shape index (κ2) is 7.00. The molecule has 2 N–H and O–H groups in total. The Morgan fingerprint density at radius 2 is 2.14 bits per heavy atom. The standard InChI is InChI=1S/C14H18BrFN4O/c1-4-5-17-9(3)13-19-20-14(21-13)18-12-7-11(16)10(15)6-8(12)2/h6-7,9,17H,4-5H2,1-3H3,(H,18,20). The highest BCUT2D eigenvalue weighted by atomic mass is 79.9. The van der Waals surface area contributed by atoms with Crippen LogP contribution in [0.1, 0.15) is 37.8 Å². The highest BCUT2D eigenvalue weighted by Crippen LogP contribution is 2.26. The SMILES string of the molecule is CCCNC(C)c1nnc(Nc2cc(F)c(Br)cc2C)o1. The molecule has 21 heavy (non-hydrogen) atoms. The summed E-state index contributed by atoms with van der Waals surface area (Å²) in [5.74, 6) is 0.155. The molecule has 0 saturated carbocycles. The molecule has 0 saturated heterocycles. The molecule has 114 valence electrons. The number of hydrogen-bond acceptors (Lipinski definition) is 5. The molecule has 2 rings (SSSR count). The molecule has 0 aliphatic heterocycles. The fraction of sp³-hybridized carbons (Fsp3) is 0.429. The molecular weight excluding hydrogens is 339 g/mol. The summed E-state index contributed by atoms with van der Waals surface area (Å²) in [6.07, 6.45) is 1.03. The van der Waals surface area contributed by atoms with Crippen LogP contribution in [0.4, 0.5) is 16.1 Å². The molecular formula is C14H18BrFN4O. The summed E-state index contributed by atoms with van der Waals surface area (Å²) < 4.78 is 19.5. The Kier molecular flexibility index (Phi) is 5.30. The monoisotopic (exact) mass is 356 g/mol. The summed E-state index contributed by atoms with van der Waals surface area (Å²) in [4.78, 5) is 0. The van der Waals surface area contributed by atoms with Crippen molar-refractivity contribution >= 4 is 27.6 Å². The van der Waals surface area contributed by atoms with E-state index in [4.69, 9.17) is 4.42 Å². The number of nitrogens with zero attached hydrogens (tertiary/aromatic N) is 2. The Bertz CT molecular complexity index is 617. The van der Waals surface area contributed by atoms with Gasteiger partial charge in [-0.15, -0.1) is 5.10 Å². The molecule has 0 bridgehead atoms. The average molecular weight is 357 g/mol. The van der Waals surface area contributed by atoms with Crippen molar-refractivity contribution < 1.29 is 8.81 Å². The van der Waals surface area contributed by atoms with E-state index in [0.29, 0.717) is 16.1 Å². The van der Waals surface area contributed by atoms with Crippen molar-refractivity contribution in [1.29, 1.82) is 0 Å². The first-order valence-corrected chi connectivity index (χ1v) is 7.60. The number of halogens is 2. The Hall–Kier alpha value is -1.47. The average Bonchev–Trinajstić information content (AvgIpc) is 2.91. The third-order valence-corrected chi connectivity index (χ3v) is 3.63. The number of nitrogens with one attached hydrogen (secondary N) is 2. The van der Waals surface area contributed by atoms with Gasteiger partial charge in [-0.25, -0.2) is 4.39 Å². The van der Waals surface area contributed by atoms with E-state index < -0.39 is 0 Å². The normalized spacial score (nSPS) is 12.4. The Balaban J connectivity index is 2.11. The van der Waals surface area contributed by atoms with Gasteiger partial charge in [0.05, 0.1) is 10.5 Å². The van der Waals surface area contributed by atoms with Crippen LogP contribution in [-0.4, -0.2) is 16.7 Å². The second-order valence-electron chi connectivity index (χ2n) is 4.83. The van der Waals surface area contributed by atoms with Gasteiger partial charge in [0, 0.05) is 5.69 Å². The van der Waals surface area contributed by atoms with Crippen LogP contribution in [0.15, 0.2) is 21.0 Å². The van der Waals surface area contributed by atoms with E-state index in [9.17, 15) is 4.39 Å². The molecule has 0 aliphatic rings. The zero-order valence-corrected chi connectivity index (χ0v) is 13.8. The third kappa shape index (κ3) is 4.01. The van der Waals surface area contributed by atoms with Crippen LogP contribution in [0.5, 0.6) is 0 Å². The Labute approximate surface area is 131 Å². The zero-order chi connectivity index (χ0) is 15.4. The highest BCUT2D eigenvalue weighted by molar-refractivity contribution is 9.10. The Morgan fingerprint density at radius 3 is 2.86 bits per heavy atom. The minimum atomic E-state index is -0.346. The van der Waals surface area contributed by atoms with Gasteiger partial charge in [-0.1, -0.05) is 12.0 Å². The van der Waals surface area contributed by atoms with Gasteiger partial charge in [-0.3, -0.25) is 0 Å². The van der Waals surface area contributed by atoms with Gasteiger partial charge in [-0.2, -0.15) is 0 Å². The molecule has 0 amide bonds. The van der Waals surface area contributed by atoms with Gasteiger partial charge in [0.1, 0.15) is 5.82 Å². The molecule has 0 aliphatic carbocycles. The van der Waals surface area contributed by atoms with Crippen molar-refractivity contribution in [2.75, 3.05) is 11.9 Å². The lowest BCUT2D eigenvalue weighted by Crippen LogP contribution is -2.19. The van der Waals surface area contributed by atoms with Crippen LogP contribution in [0.2, 0.25) is 0 Å². The molecule has 2 aromatic rings. The molecule has 5 nitrogen and oxygen atoms in total. The van der Waals surface area contributed by atoms with Crippen molar-refractivity contribution in [2.45, 2.75) is 33.2 Å². The van der Waals surface area contributed by atoms with Crippen LogP contribution < -0.4 is 10.6 Å². The topological polar surface area (TPSA) is 63.0 Å². The number of aromatic nitrogens is 2. The third-order valence-electron chi connectivity index (χ3n) is 3.02. The first-order valence-electron chi connectivity index (χ1n) is 6.80. The summed E-state index contributed by atoms with van der Waals surface area (Å²) in [5, 5.41) is 14.1. The van der Waals surface area contributed by atoms with E-state index >= 15 is 0 Å². The Morgan fingerprint density at radius 1 is 1.38 bits per heavy atom. The smallest absolute Gasteiger partial charge is 0.320 e. The maximum atomic E-state index is 13.6. The fourth-order valence-corrected chi connectivity index (χ4v) is 2.26. The van der Waals surface area contributed by atoms with Crippen LogP contribution >= 0.6 is 15.9 Å². The number of aryl methyl sites for hydroxylation is 1. The molecule has 7 heteroatoms.